The fraction of sp³-hybridized carbons (Fsp3) is 0.647. The molecule has 1 aliphatic carbocycles. The van der Waals surface area contributed by atoms with E-state index in [0.29, 0.717) is 6.61 Å². The lowest BCUT2D eigenvalue weighted by Crippen LogP contribution is -2.49. The van der Waals surface area contributed by atoms with Crippen LogP contribution in [0.4, 0.5) is 0 Å². The highest BCUT2D eigenvalue weighted by atomic mass is 16.5. The molecule has 1 atom stereocenters. The average molecular weight is 261 g/mol. The molecule has 0 radical (unpaired) electrons. The van der Waals surface area contributed by atoms with Crippen LogP contribution >= 0.6 is 0 Å². The van der Waals surface area contributed by atoms with Gasteiger partial charge in [0.15, 0.2) is 0 Å². The molecule has 2 rings (SSSR count). The number of hydrogen-bond donors (Lipinski definition) is 1. The zero-order valence-electron chi connectivity index (χ0n) is 12.1. The van der Waals surface area contributed by atoms with Crippen molar-refractivity contribution in [2.45, 2.75) is 56.9 Å². The van der Waals surface area contributed by atoms with Gasteiger partial charge in [-0.3, -0.25) is 0 Å². The number of benzene rings is 1. The summed E-state index contributed by atoms with van der Waals surface area (Å²) in [7, 11) is 0. The predicted octanol–water partition coefficient (Wildman–Crippen LogP) is 3.64. The molecule has 0 spiro atoms. The third-order valence-electron chi connectivity index (χ3n) is 4.45. The van der Waals surface area contributed by atoms with Crippen LogP contribution < -0.4 is 5.73 Å². The molecule has 1 aromatic rings. The molecule has 106 valence electrons. The third kappa shape index (κ3) is 3.37. The molecule has 0 heterocycles. The van der Waals surface area contributed by atoms with Crippen LogP contribution in [0.2, 0.25) is 0 Å². The van der Waals surface area contributed by atoms with Crippen molar-refractivity contribution in [2.75, 3.05) is 13.2 Å². The Hall–Kier alpha value is -0.860. The lowest BCUT2D eigenvalue weighted by Gasteiger charge is -2.42. The van der Waals surface area contributed by atoms with Crippen LogP contribution in [0.25, 0.3) is 0 Å². The molecular formula is C17H27NO. The SMILES string of the molecule is CCCOCC(N)C1(c2ccccc2)CCCCC1. The maximum atomic E-state index is 6.53. The Labute approximate surface area is 117 Å². The minimum atomic E-state index is 0.113. The molecule has 19 heavy (non-hydrogen) atoms. The van der Waals surface area contributed by atoms with Crippen molar-refractivity contribution in [3.63, 3.8) is 0 Å². The highest BCUT2D eigenvalue weighted by molar-refractivity contribution is 5.28. The minimum Gasteiger partial charge on any atom is -0.380 e. The fourth-order valence-corrected chi connectivity index (χ4v) is 3.34. The van der Waals surface area contributed by atoms with Crippen LogP contribution in [-0.2, 0) is 10.2 Å². The second-order valence-corrected chi connectivity index (χ2v) is 5.76. The summed E-state index contributed by atoms with van der Waals surface area (Å²) in [5, 5.41) is 0. The van der Waals surface area contributed by atoms with E-state index < -0.39 is 0 Å². The van der Waals surface area contributed by atoms with Crippen LogP contribution in [0.3, 0.4) is 0 Å². The molecule has 1 aromatic carbocycles. The van der Waals surface area contributed by atoms with Crippen molar-refractivity contribution in [3.8, 4) is 0 Å². The van der Waals surface area contributed by atoms with Crippen molar-refractivity contribution < 1.29 is 4.74 Å². The van der Waals surface area contributed by atoms with Gasteiger partial charge in [-0.05, 0) is 24.8 Å². The minimum absolute atomic E-state index is 0.113. The first kappa shape index (κ1) is 14.5. The molecule has 1 unspecified atom stereocenters. The third-order valence-corrected chi connectivity index (χ3v) is 4.45. The van der Waals surface area contributed by atoms with E-state index in [1.807, 2.05) is 0 Å². The Bertz CT molecular complexity index is 357. The van der Waals surface area contributed by atoms with Gasteiger partial charge >= 0.3 is 0 Å². The standard InChI is InChI=1S/C17H27NO/c1-2-13-19-14-16(18)17(11-7-4-8-12-17)15-9-5-3-6-10-15/h3,5-6,9-10,16H,2,4,7-8,11-14,18H2,1H3. The highest BCUT2D eigenvalue weighted by Crippen LogP contribution is 2.41. The summed E-state index contributed by atoms with van der Waals surface area (Å²) in [5.74, 6) is 0. The summed E-state index contributed by atoms with van der Waals surface area (Å²) in [5.41, 5.74) is 8.07. The van der Waals surface area contributed by atoms with Crippen LogP contribution in [0.1, 0.15) is 51.0 Å². The molecule has 2 heteroatoms. The first-order valence-electron chi connectivity index (χ1n) is 7.68. The average Bonchev–Trinajstić information content (AvgIpc) is 2.49. The van der Waals surface area contributed by atoms with Gasteiger partial charge in [-0.2, -0.15) is 0 Å². The quantitative estimate of drug-likeness (QED) is 0.793. The molecule has 2 N–H and O–H groups in total. The van der Waals surface area contributed by atoms with Crippen LogP contribution in [-0.4, -0.2) is 19.3 Å². The Balaban J connectivity index is 2.15. The fourth-order valence-electron chi connectivity index (χ4n) is 3.34. The van der Waals surface area contributed by atoms with Crippen molar-refractivity contribution in [1.29, 1.82) is 0 Å². The smallest absolute Gasteiger partial charge is 0.0626 e. The van der Waals surface area contributed by atoms with Gasteiger partial charge in [-0.15, -0.1) is 0 Å². The van der Waals surface area contributed by atoms with E-state index in [0.717, 1.165) is 13.0 Å². The molecular weight excluding hydrogens is 234 g/mol. The van der Waals surface area contributed by atoms with E-state index in [-0.39, 0.29) is 11.5 Å². The molecule has 0 aliphatic heterocycles. The second-order valence-electron chi connectivity index (χ2n) is 5.76. The first-order valence-corrected chi connectivity index (χ1v) is 7.68. The van der Waals surface area contributed by atoms with E-state index in [2.05, 4.69) is 37.3 Å². The summed E-state index contributed by atoms with van der Waals surface area (Å²) in [6.45, 7) is 3.64. The molecule has 0 bridgehead atoms. The maximum absolute atomic E-state index is 6.53. The van der Waals surface area contributed by atoms with E-state index in [1.54, 1.807) is 0 Å². The van der Waals surface area contributed by atoms with E-state index in [1.165, 1.54) is 37.7 Å². The normalized spacial score (nSPS) is 20.1. The van der Waals surface area contributed by atoms with E-state index in [9.17, 15) is 0 Å². The summed E-state index contributed by atoms with van der Waals surface area (Å²) in [6, 6.07) is 10.9. The van der Waals surface area contributed by atoms with E-state index >= 15 is 0 Å². The lowest BCUT2D eigenvalue weighted by atomic mass is 9.65. The van der Waals surface area contributed by atoms with Crippen molar-refractivity contribution in [1.82, 2.24) is 0 Å². The van der Waals surface area contributed by atoms with Gasteiger partial charge in [0.05, 0.1) is 6.61 Å². The van der Waals surface area contributed by atoms with Crippen LogP contribution in [0.5, 0.6) is 0 Å². The Kier molecular flexibility index (Phi) is 5.41. The van der Waals surface area contributed by atoms with Crippen molar-refractivity contribution >= 4 is 0 Å². The van der Waals surface area contributed by atoms with Gasteiger partial charge in [0.25, 0.3) is 0 Å². The van der Waals surface area contributed by atoms with Gasteiger partial charge in [-0.1, -0.05) is 56.5 Å². The molecule has 2 nitrogen and oxygen atoms in total. The predicted molar refractivity (Wildman–Crippen MR) is 80.3 cm³/mol. The number of ether oxygens (including phenoxy) is 1. The van der Waals surface area contributed by atoms with Crippen LogP contribution in [0, 0.1) is 0 Å². The Morgan fingerprint density at radius 3 is 2.47 bits per heavy atom. The van der Waals surface area contributed by atoms with Crippen molar-refractivity contribution in [3.05, 3.63) is 35.9 Å². The number of nitrogens with two attached hydrogens (primary N) is 1. The van der Waals surface area contributed by atoms with Gasteiger partial charge in [-0.25, -0.2) is 0 Å². The molecule has 0 aromatic heterocycles. The summed E-state index contributed by atoms with van der Waals surface area (Å²) in [4.78, 5) is 0. The lowest BCUT2D eigenvalue weighted by molar-refractivity contribution is 0.0853. The summed E-state index contributed by atoms with van der Waals surface area (Å²) in [6.07, 6.45) is 7.39. The summed E-state index contributed by atoms with van der Waals surface area (Å²) < 4.78 is 5.72. The summed E-state index contributed by atoms with van der Waals surface area (Å²) >= 11 is 0. The van der Waals surface area contributed by atoms with Gasteiger partial charge in [0, 0.05) is 18.1 Å². The monoisotopic (exact) mass is 261 g/mol. The number of hydrogen-bond acceptors (Lipinski definition) is 2. The topological polar surface area (TPSA) is 35.2 Å². The molecule has 1 aliphatic rings. The Morgan fingerprint density at radius 2 is 1.84 bits per heavy atom. The van der Waals surface area contributed by atoms with E-state index in [4.69, 9.17) is 10.5 Å². The molecule has 1 saturated carbocycles. The van der Waals surface area contributed by atoms with Gasteiger partial charge in [0.2, 0.25) is 0 Å². The zero-order valence-corrected chi connectivity index (χ0v) is 12.1. The molecule has 0 amide bonds. The van der Waals surface area contributed by atoms with Gasteiger partial charge in [0.1, 0.15) is 0 Å². The molecule has 0 saturated heterocycles. The maximum Gasteiger partial charge on any atom is 0.0626 e. The zero-order chi connectivity index (χ0) is 13.6. The largest absolute Gasteiger partial charge is 0.380 e. The molecule has 1 fully saturated rings. The first-order chi connectivity index (χ1) is 9.29. The Morgan fingerprint density at radius 1 is 1.16 bits per heavy atom. The van der Waals surface area contributed by atoms with Crippen molar-refractivity contribution in [2.24, 2.45) is 5.73 Å². The number of rotatable bonds is 6. The second kappa shape index (κ2) is 7.06. The highest BCUT2D eigenvalue weighted by Gasteiger charge is 2.39. The van der Waals surface area contributed by atoms with Crippen LogP contribution in [0.15, 0.2) is 30.3 Å². The van der Waals surface area contributed by atoms with Gasteiger partial charge < -0.3 is 10.5 Å².